The zero-order chi connectivity index (χ0) is 7.98. The van der Waals surface area contributed by atoms with Crippen molar-refractivity contribution in [2.45, 2.75) is 0 Å². The third-order valence-corrected chi connectivity index (χ3v) is 0.868. The summed E-state index contributed by atoms with van der Waals surface area (Å²) in [6, 6.07) is 0. The monoisotopic (exact) mass is 151 g/mol. The average Bonchev–Trinajstić information content (AvgIpc) is 1.91. The van der Waals surface area contributed by atoms with Gasteiger partial charge in [0.1, 0.15) is 0 Å². The standard InChI is InChI=1S/C3H13N5O2/c1-5-7(6-2)8(9)10-3-4/h5,7-8H,3-4H2,1-2H3. The van der Waals surface area contributed by atoms with E-state index in [1.807, 2.05) is 0 Å². The average molecular weight is 151 g/mol. The van der Waals surface area contributed by atoms with Crippen molar-refractivity contribution in [1.82, 2.24) is 5.43 Å². The molecule has 2 atom stereocenters. The summed E-state index contributed by atoms with van der Waals surface area (Å²) in [7, 11) is 3.07. The van der Waals surface area contributed by atoms with Crippen LogP contribution in [0.2, 0.25) is 0 Å². The van der Waals surface area contributed by atoms with Gasteiger partial charge < -0.3 is 16.4 Å². The normalized spacial score (nSPS) is 16.8. The van der Waals surface area contributed by atoms with Gasteiger partial charge in [-0.05, 0) is 0 Å². The lowest BCUT2D eigenvalue weighted by atomic mass is 11.4. The van der Waals surface area contributed by atoms with Gasteiger partial charge in [-0.3, -0.25) is 0 Å². The Balaban J connectivity index is 3.53. The van der Waals surface area contributed by atoms with Gasteiger partial charge >= 0.3 is 0 Å². The fourth-order valence-corrected chi connectivity index (χ4v) is 0.449. The number of rotatable bonds is 5. The maximum absolute atomic E-state index is 10.7. The SMILES string of the molecule is C[N-][NH+](NC)[NH+]([O-])OCN. The molecule has 0 rings (SSSR count). The molecule has 0 heterocycles. The van der Waals surface area contributed by atoms with Crippen molar-refractivity contribution >= 4 is 0 Å². The molecule has 7 heteroatoms. The van der Waals surface area contributed by atoms with Crippen LogP contribution in [0, 0.1) is 5.21 Å². The molecule has 0 aliphatic heterocycles. The largest absolute Gasteiger partial charge is 0.548 e. The van der Waals surface area contributed by atoms with Crippen molar-refractivity contribution in [3.05, 3.63) is 10.6 Å². The summed E-state index contributed by atoms with van der Waals surface area (Å²) in [5.74, 6) is 0. The number of quaternary nitrogens is 2. The molecule has 0 saturated carbocycles. The quantitative estimate of drug-likeness (QED) is 0.238. The Kier molecular flexibility index (Phi) is 5.35. The predicted molar refractivity (Wildman–Crippen MR) is 33.8 cm³/mol. The van der Waals surface area contributed by atoms with E-state index < -0.39 is 5.34 Å². The number of hydrogen-bond donors (Lipinski definition) is 4. The van der Waals surface area contributed by atoms with Crippen LogP contribution in [-0.4, -0.2) is 20.8 Å². The van der Waals surface area contributed by atoms with E-state index in [0.29, 0.717) is 0 Å². The van der Waals surface area contributed by atoms with E-state index in [4.69, 9.17) is 5.73 Å². The lowest BCUT2D eigenvalue weighted by Gasteiger charge is -2.31. The second kappa shape index (κ2) is 5.50. The summed E-state index contributed by atoms with van der Waals surface area (Å²) in [5, 5.41) is 10.3. The van der Waals surface area contributed by atoms with Gasteiger partial charge in [0.25, 0.3) is 0 Å². The fourth-order valence-electron chi connectivity index (χ4n) is 0.449. The highest BCUT2D eigenvalue weighted by atomic mass is 16.9. The molecule has 5 N–H and O–H groups in total. The molecule has 0 aromatic rings. The lowest BCUT2D eigenvalue weighted by Crippen LogP contribution is -3.58. The van der Waals surface area contributed by atoms with Gasteiger partial charge in [-0.2, -0.15) is 0 Å². The minimum atomic E-state index is -0.535. The first-order valence-corrected chi connectivity index (χ1v) is 2.78. The zero-order valence-corrected chi connectivity index (χ0v) is 6.05. The van der Waals surface area contributed by atoms with Gasteiger partial charge in [0.15, 0.2) is 6.73 Å². The van der Waals surface area contributed by atoms with Gasteiger partial charge in [-0.1, -0.05) is 5.34 Å². The van der Waals surface area contributed by atoms with Crippen LogP contribution in [0.3, 0.4) is 0 Å². The molecule has 0 aromatic carbocycles. The summed E-state index contributed by atoms with van der Waals surface area (Å²) in [6.07, 6.45) is 0. The first-order valence-electron chi connectivity index (χ1n) is 2.78. The maximum atomic E-state index is 10.7. The molecule has 0 bridgehead atoms. The summed E-state index contributed by atoms with van der Waals surface area (Å²) < 4.78 is 0. The Labute approximate surface area is 59.2 Å². The third kappa shape index (κ3) is 3.03. The Bertz CT molecular complexity index is 77.3. The molecule has 0 saturated heterocycles. The molecule has 0 aliphatic rings. The highest BCUT2D eigenvalue weighted by Crippen LogP contribution is 1.44. The van der Waals surface area contributed by atoms with Crippen LogP contribution in [0.4, 0.5) is 0 Å². The summed E-state index contributed by atoms with van der Waals surface area (Å²) in [5.41, 5.74) is 11.1. The van der Waals surface area contributed by atoms with Crippen LogP contribution < -0.4 is 21.7 Å². The Hall–Kier alpha value is -0.280. The highest BCUT2D eigenvalue weighted by Gasteiger charge is 2.01. The van der Waals surface area contributed by atoms with E-state index in [-0.39, 0.29) is 12.0 Å². The Morgan fingerprint density at radius 2 is 2.40 bits per heavy atom. The van der Waals surface area contributed by atoms with Crippen molar-refractivity contribution in [1.29, 1.82) is 0 Å². The second-order valence-electron chi connectivity index (χ2n) is 1.42. The number of hydrogen-bond acceptors (Lipinski definition) is 4. The molecule has 2 unspecified atom stereocenters. The van der Waals surface area contributed by atoms with Crippen LogP contribution in [-0.2, 0) is 4.84 Å². The molecule has 62 valence electrons. The lowest BCUT2D eigenvalue weighted by molar-refractivity contribution is -1.56. The summed E-state index contributed by atoms with van der Waals surface area (Å²) in [4.78, 5) is 4.43. The number of nitrogens with two attached hydrogens (primary N) is 1. The molecular formula is C3H13N5O2. The molecule has 0 spiro atoms. The number of nitrogens with zero attached hydrogens (tertiary/aromatic N) is 1. The second-order valence-corrected chi connectivity index (χ2v) is 1.42. The number of nitrogens with one attached hydrogen (secondary N) is 3. The van der Waals surface area contributed by atoms with E-state index in [1.165, 1.54) is 7.05 Å². The van der Waals surface area contributed by atoms with E-state index in [9.17, 15) is 5.21 Å². The van der Waals surface area contributed by atoms with Gasteiger partial charge in [0.2, 0.25) is 0 Å². The Morgan fingerprint density at radius 1 is 1.80 bits per heavy atom. The molecule has 0 aromatic heterocycles. The van der Waals surface area contributed by atoms with E-state index in [0.717, 1.165) is 0 Å². The summed E-state index contributed by atoms with van der Waals surface area (Å²) in [6.45, 7) is -0.125. The van der Waals surface area contributed by atoms with Crippen molar-refractivity contribution in [3.63, 3.8) is 0 Å². The summed E-state index contributed by atoms with van der Waals surface area (Å²) >= 11 is 0. The third-order valence-electron chi connectivity index (χ3n) is 0.868. The molecular weight excluding hydrogens is 138 g/mol. The van der Waals surface area contributed by atoms with Gasteiger partial charge in [0, 0.05) is 7.05 Å². The van der Waals surface area contributed by atoms with Gasteiger partial charge in [0.05, 0.1) is 0 Å². The first-order chi connectivity index (χ1) is 4.76. The maximum Gasteiger partial charge on any atom is 0.162 e. The van der Waals surface area contributed by atoms with E-state index in [1.54, 1.807) is 7.05 Å². The zero-order valence-electron chi connectivity index (χ0n) is 6.05. The highest BCUT2D eigenvalue weighted by molar-refractivity contribution is 4.31. The van der Waals surface area contributed by atoms with Crippen LogP contribution in [0.1, 0.15) is 0 Å². The molecule has 0 aliphatic carbocycles. The molecule has 0 radical (unpaired) electrons. The minimum Gasteiger partial charge on any atom is -0.548 e. The van der Waals surface area contributed by atoms with Crippen molar-refractivity contribution in [3.8, 4) is 0 Å². The minimum absolute atomic E-state index is 0.125. The first kappa shape index (κ1) is 9.72. The van der Waals surface area contributed by atoms with E-state index >= 15 is 0 Å². The van der Waals surface area contributed by atoms with Crippen LogP contribution in [0.5, 0.6) is 0 Å². The smallest absolute Gasteiger partial charge is 0.162 e. The van der Waals surface area contributed by atoms with Crippen LogP contribution >= 0.6 is 0 Å². The molecule has 7 nitrogen and oxygen atoms in total. The fraction of sp³-hybridized carbons (Fsp3) is 1.00. The van der Waals surface area contributed by atoms with Gasteiger partial charge in [-0.15, -0.1) is 22.5 Å². The molecule has 0 fully saturated rings. The van der Waals surface area contributed by atoms with Crippen molar-refractivity contribution < 1.29 is 15.4 Å². The molecule has 0 amide bonds. The Morgan fingerprint density at radius 3 is 2.70 bits per heavy atom. The van der Waals surface area contributed by atoms with Crippen LogP contribution in [0.15, 0.2) is 0 Å². The van der Waals surface area contributed by atoms with Crippen molar-refractivity contribution in [2.75, 3.05) is 20.8 Å². The molecule has 10 heavy (non-hydrogen) atoms. The van der Waals surface area contributed by atoms with E-state index in [2.05, 4.69) is 15.7 Å². The van der Waals surface area contributed by atoms with Crippen molar-refractivity contribution in [2.24, 2.45) is 5.73 Å². The topological polar surface area (TPSA) is 93.3 Å². The van der Waals surface area contributed by atoms with Crippen LogP contribution in [0.25, 0.3) is 5.43 Å². The predicted octanol–water partition coefficient (Wildman–Crippen LogP) is -3.93. The van der Waals surface area contributed by atoms with Gasteiger partial charge in [-0.25, -0.2) is 0 Å².